The van der Waals surface area contributed by atoms with E-state index in [1.54, 1.807) is 60.7 Å². The maximum absolute atomic E-state index is 13.7. The van der Waals surface area contributed by atoms with Crippen LogP contribution in [0.1, 0.15) is 10.5 Å². The summed E-state index contributed by atoms with van der Waals surface area (Å²) in [7, 11) is 0. The maximum atomic E-state index is 13.7. The molecule has 154 valence electrons. The average molecular weight is 417 g/mol. The van der Waals surface area contributed by atoms with Crippen molar-refractivity contribution in [1.29, 1.82) is 0 Å². The summed E-state index contributed by atoms with van der Waals surface area (Å²) in [5.74, 6) is -2.20. The Morgan fingerprint density at radius 1 is 0.903 bits per heavy atom. The lowest BCUT2D eigenvalue weighted by molar-refractivity contribution is -0.119. The van der Waals surface area contributed by atoms with Crippen LogP contribution >= 0.6 is 0 Å². The molecule has 1 N–H and O–H groups in total. The number of para-hydroxylation sites is 2. The number of amides is 1. The molecule has 4 aromatic rings. The zero-order valence-electron chi connectivity index (χ0n) is 16.1. The molecule has 1 aromatic heterocycles. The standard InChI is InChI=1S/C23H16FN3O4/c24-18-12-6-7-13-19(18)25-20(28)14-31-23(30)21-16-10-4-5-11-17(16)22(29)27(26-21)15-8-2-1-3-9-15/h1-13H,14H2,(H,25,28). The van der Waals surface area contributed by atoms with Crippen molar-refractivity contribution in [2.24, 2.45) is 0 Å². The monoisotopic (exact) mass is 417 g/mol. The summed E-state index contributed by atoms with van der Waals surface area (Å²) in [6, 6.07) is 20.8. The number of fused-ring (bicyclic) bond motifs is 1. The minimum Gasteiger partial charge on any atom is -0.451 e. The Bertz CT molecular complexity index is 1340. The fourth-order valence-electron chi connectivity index (χ4n) is 3.03. The van der Waals surface area contributed by atoms with Gasteiger partial charge in [0.25, 0.3) is 11.5 Å². The van der Waals surface area contributed by atoms with Crippen molar-refractivity contribution >= 4 is 28.3 Å². The van der Waals surface area contributed by atoms with E-state index in [1.807, 2.05) is 0 Å². The number of nitrogens with one attached hydrogen (secondary N) is 1. The molecule has 1 heterocycles. The van der Waals surface area contributed by atoms with Crippen molar-refractivity contribution < 1.29 is 18.7 Å². The summed E-state index contributed by atoms with van der Waals surface area (Å²) in [6.45, 7) is -0.645. The van der Waals surface area contributed by atoms with E-state index in [0.29, 0.717) is 11.1 Å². The molecule has 0 saturated heterocycles. The smallest absolute Gasteiger partial charge is 0.359 e. The molecule has 4 rings (SSSR count). The van der Waals surface area contributed by atoms with Gasteiger partial charge in [-0.3, -0.25) is 9.59 Å². The van der Waals surface area contributed by atoms with E-state index in [1.165, 1.54) is 18.2 Å². The Labute approximate surface area is 175 Å². The maximum Gasteiger partial charge on any atom is 0.359 e. The Hall–Kier alpha value is -4.33. The first-order chi connectivity index (χ1) is 15.0. The van der Waals surface area contributed by atoms with Gasteiger partial charge < -0.3 is 10.1 Å². The second-order valence-corrected chi connectivity index (χ2v) is 6.55. The Morgan fingerprint density at radius 2 is 1.55 bits per heavy atom. The van der Waals surface area contributed by atoms with Crippen LogP contribution in [0.5, 0.6) is 0 Å². The molecule has 0 atom stereocenters. The van der Waals surface area contributed by atoms with Crippen LogP contribution in [0.4, 0.5) is 10.1 Å². The molecule has 7 nitrogen and oxygen atoms in total. The largest absolute Gasteiger partial charge is 0.451 e. The number of anilines is 1. The number of esters is 1. The normalized spacial score (nSPS) is 10.6. The van der Waals surface area contributed by atoms with Gasteiger partial charge in [0.15, 0.2) is 12.3 Å². The molecular formula is C23H16FN3O4. The van der Waals surface area contributed by atoms with Gasteiger partial charge in [-0.1, -0.05) is 48.5 Å². The van der Waals surface area contributed by atoms with E-state index in [-0.39, 0.29) is 16.8 Å². The fraction of sp³-hybridized carbons (Fsp3) is 0.0435. The van der Waals surface area contributed by atoms with Gasteiger partial charge in [0.2, 0.25) is 0 Å². The summed E-state index contributed by atoms with van der Waals surface area (Å²) in [5.41, 5.74) is -0.0530. The first-order valence-electron chi connectivity index (χ1n) is 9.33. The first kappa shape index (κ1) is 20.0. The van der Waals surface area contributed by atoms with E-state index in [4.69, 9.17) is 4.74 Å². The number of aromatic nitrogens is 2. The Morgan fingerprint density at radius 3 is 2.29 bits per heavy atom. The third kappa shape index (κ3) is 4.18. The zero-order valence-corrected chi connectivity index (χ0v) is 16.1. The predicted molar refractivity (Wildman–Crippen MR) is 113 cm³/mol. The third-order valence-corrected chi connectivity index (χ3v) is 4.48. The summed E-state index contributed by atoms with van der Waals surface area (Å²) >= 11 is 0. The summed E-state index contributed by atoms with van der Waals surface area (Å²) in [6.07, 6.45) is 0. The molecule has 3 aromatic carbocycles. The van der Waals surface area contributed by atoms with Crippen LogP contribution in [0.2, 0.25) is 0 Å². The molecule has 0 fully saturated rings. The molecule has 0 bridgehead atoms. The van der Waals surface area contributed by atoms with Crippen LogP contribution in [0, 0.1) is 5.82 Å². The zero-order chi connectivity index (χ0) is 21.8. The van der Waals surface area contributed by atoms with E-state index in [0.717, 1.165) is 4.68 Å². The van der Waals surface area contributed by atoms with E-state index < -0.39 is 29.9 Å². The highest BCUT2D eigenvalue weighted by molar-refractivity contribution is 6.03. The highest BCUT2D eigenvalue weighted by Crippen LogP contribution is 2.16. The van der Waals surface area contributed by atoms with Crippen LogP contribution in [0.15, 0.2) is 83.7 Å². The second-order valence-electron chi connectivity index (χ2n) is 6.55. The predicted octanol–water partition coefficient (Wildman–Crippen LogP) is 3.32. The Balaban J connectivity index is 1.62. The van der Waals surface area contributed by atoms with Crippen LogP contribution in [0.25, 0.3) is 16.5 Å². The van der Waals surface area contributed by atoms with E-state index in [2.05, 4.69) is 10.4 Å². The first-order valence-corrected chi connectivity index (χ1v) is 9.33. The van der Waals surface area contributed by atoms with Crippen LogP contribution in [-0.2, 0) is 9.53 Å². The molecule has 1 amide bonds. The molecule has 8 heteroatoms. The van der Waals surface area contributed by atoms with Crippen LogP contribution in [0.3, 0.4) is 0 Å². The third-order valence-electron chi connectivity index (χ3n) is 4.48. The van der Waals surface area contributed by atoms with Gasteiger partial charge >= 0.3 is 5.97 Å². The molecule has 0 unspecified atom stereocenters. The molecule has 0 saturated carbocycles. The molecule has 0 aliphatic rings. The lowest BCUT2D eigenvalue weighted by Crippen LogP contribution is -2.26. The minimum absolute atomic E-state index is 0.0234. The summed E-state index contributed by atoms with van der Waals surface area (Å²) < 4.78 is 19.9. The van der Waals surface area contributed by atoms with Gasteiger partial charge in [-0.05, 0) is 30.3 Å². The van der Waals surface area contributed by atoms with Crippen molar-refractivity contribution in [1.82, 2.24) is 9.78 Å². The number of carbonyl (C=O) groups is 2. The second kappa shape index (κ2) is 8.58. The van der Waals surface area contributed by atoms with E-state index >= 15 is 0 Å². The molecular weight excluding hydrogens is 401 g/mol. The fourth-order valence-corrected chi connectivity index (χ4v) is 3.03. The minimum atomic E-state index is -0.885. The van der Waals surface area contributed by atoms with Crippen molar-refractivity contribution in [2.45, 2.75) is 0 Å². The average Bonchev–Trinajstić information content (AvgIpc) is 2.80. The van der Waals surface area contributed by atoms with Gasteiger partial charge in [0, 0.05) is 5.39 Å². The topological polar surface area (TPSA) is 90.3 Å². The summed E-state index contributed by atoms with van der Waals surface area (Å²) in [4.78, 5) is 37.7. The summed E-state index contributed by atoms with van der Waals surface area (Å²) in [5, 5.41) is 7.10. The number of hydrogen-bond acceptors (Lipinski definition) is 5. The Kier molecular flexibility index (Phi) is 5.53. The molecule has 0 spiro atoms. The van der Waals surface area contributed by atoms with Crippen molar-refractivity contribution in [3.05, 3.63) is 101 Å². The van der Waals surface area contributed by atoms with Gasteiger partial charge in [0.05, 0.1) is 16.8 Å². The number of halogens is 1. The number of rotatable bonds is 5. The quantitative estimate of drug-likeness (QED) is 0.503. The van der Waals surface area contributed by atoms with Gasteiger partial charge in [0.1, 0.15) is 5.82 Å². The van der Waals surface area contributed by atoms with Crippen molar-refractivity contribution in [3.8, 4) is 5.69 Å². The van der Waals surface area contributed by atoms with Crippen LogP contribution < -0.4 is 10.9 Å². The van der Waals surface area contributed by atoms with Crippen molar-refractivity contribution in [3.63, 3.8) is 0 Å². The lowest BCUT2D eigenvalue weighted by atomic mass is 10.1. The molecule has 0 aliphatic heterocycles. The number of benzene rings is 3. The number of carbonyl (C=O) groups excluding carboxylic acids is 2. The molecule has 0 radical (unpaired) electrons. The lowest BCUT2D eigenvalue weighted by Gasteiger charge is -2.11. The number of hydrogen-bond donors (Lipinski definition) is 1. The van der Waals surface area contributed by atoms with Crippen molar-refractivity contribution in [2.75, 3.05) is 11.9 Å². The van der Waals surface area contributed by atoms with Gasteiger partial charge in [-0.15, -0.1) is 0 Å². The number of ether oxygens (including phenoxy) is 1. The highest BCUT2D eigenvalue weighted by atomic mass is 19.1. The SMILES string of the molecule is O=C(COC(=O)c1nn(-c2ccccc2)c(=O)c2ccccc12)Nc1ccccc1F. The number of nitrogens with zero attached hydrogens (tertiary/aromatic N) is 2. The molecule has 0 aliphatic carbocycles. The van der Waals surface area contributed by atoms with E-state index in [9.17, 15) is 18.8 Å². The highest BCUT2D eigenvalue weighted by Gasteiger charge is 2.20. The molecule has 31 heavy (non-hydrogen) atoms. The van der Waals surface area contributed by atoms with Gasteiger partial charge in [-0.25, -0.2) is 9.18 Å². The van der Waals surface area contributed by atoms with Crippen LogP contribution in [-0.4, -0.2) is 28.3 Å². The van der Waals surface area contributed by atoms with Gasteiger partial charge in [-0.2, -0.15) is 9.78 Å².